The number of alkyl halides is 6. The Hall–Kier alpha value is -4.96. The van der Waals surface area contributed by atoms with Crippen LogP contribution in [-0.2, 0) is 11.0 Å². The Morgan fingerprint density at radius 3 is 2.00 bits per heavy atom. The number of aliphatic carboxylic acids is 1. The number of carbonyl (C=O) groups excluding carboxylic acids is 2. The van der Waals surface area contributed by atoms with Crippen LogP contribution in [0.25, 0.3) is 0 Å². The first-order valence-corrected chi connectivity index (χ1v) is 10.8. The molecule has 0 unspecified atom stereocenters. The van der Waals surface area contributed by atoms with Crippen molar-refractivity contribution in [2.24, 2.45) is 0 Å². The van der Waals surface area contributed by atoms with E-state index in [9.17, 15) is 35.9 Å². The van der Waals surface area contributed by atoms with E-state index in [1.807, 2.05) is 0 Å². The molecule has 0 aromatic carbocycles. The average Bonchev–Trinajstić information content (AvgIpc) is 2.88. The Kier molecular flexibility index (Phi) is 9.94. The molecule has 2 amide bonds. The number of nitrogens with one attached hydrogen (secondary N) is 3. The molecule has 0 saturated heterocycles. The van der Waals surface area contributed by atoms with Gasteiger partial charge in [0.1, 0.15) is 11.6 Å². The van der Waals surface area contributed by atoms with Crippen LogP contribution in [-0.4, -0.2) is 70.1 Å². The number of aromatic nitrogens is 3. The summed E-state index contributed by atoms with van der Waals surface area (Å²) in [7, 11) is 4.60. The number of carboxylic acid groups (broad SMARTS) is 1. The monoisotopic (exact) mass is 573 g/mol. The highest BCUT2D eigenvalue weighted by Gasteiger charge is 2.38. The number of pyridine rings is 3. The quantitative estimate of drug-likeness (QED) is 0.320. The van der Waals surface area contributed by atoms with E-state index in [0.717, 1.165) is 6.07 Å². The van der Waals surface area contributed by atoms with E-state index in [-0.39, 0.29) is 34.6 Å². The van der Waals surface area contributed by atoms with Crippen LogP contribution < -0.4 is 16.0 Å². The van der Waals surface area contributed by atoms with Gasteiger partial charge in [-0.05, 0) is 24.3 Å². The predicted molar refractivity (Wildman–Crippen MR) is 129 cm³/mol. The van der Waals surface area contributed by atoms with Crippen molar-refractivity contribution < 1.29 is 45.8 Å². The van der Waals surface area contributed by atoms with E-state index < -0.39 is 29.8 Å². The molecule has 3 heterocycles. The first kappa shape index (κ1) is 31.3. The van der Waals surface area contributed by atoms with Crippen molar-refractivity contribution in [3.05, 3.63) is 65.7 Å². The number of rotatable bonds is 6. The molecule has 4 N–H and O–H groups in total. The van der Waals surface area contributed by atoms with Gasteiger partial charge in [0.25, 0.3) is 11.8 Å². The normalized spacial score (nSPS) is 11.0. The van der Waals surface area contributed by atoms with Crippen molar-refractivity contribution in [1.29, 1.82) is 0 Å². The highest BCUT2D eigenvalue weighted by atomic mass is 19.4. The molecule has 214 valence electrons. The zero-order valence-electron chi connectivity index (χ0n) is 20.8. The maximum atomic E-state index is 13.6. The standard InChI is InChI=1S/C21H20F3N7O2.C2HF3O2/c1-25-19(32)18-14(5-4-8-26-18)29-15-9-17(28-11-13(15)21(22,23)24)30-16-7-6-12(10-27-16)20(33)31(2)3;3-2(4,5)1(6)7/h4-11H,1-3H3,(H,25,32)(H2,27,28,29,30);(H,6,7). The average molecular weight is 573 g/mol. The van der Waals surface area contributed by atoms with Crippen LogP contribution in [0.5, 0.6) is 0 Å². The van der Waals surface area contributed by atoms with E-state index in [4.69, 9.17) is 9.90 Å². The first-order valence-electron chi connectivity index (χ1n) is 10.8. The minimum Gasteiger partial charge on any atom is -0.475 e. The lowest BCUT2D eigenvalue weighted by molar-refractivity contribution is -0.192. The predicted octanol–water partition coefficient (Wildman–Crippen LogP) is 4.07. The number of anilines is 4. The van der Waals surface area contributed by atoms with Crippen molar-refractivity contribution in [1.82, 2.24) is 25.2 Å². The Morgan fingerprint density at radius 2 is 1.50 bits per heavy atom. The summed E-state index contributed by atoms with van der Waals surface area (Å²) in [6, 6.07) is 7.11. The first-order chi connectivity index (χ1) is 18.5. The minimum absolute atomic E-state index is 0.0649. The van der Waals surface area contributed by atoms with Gasteiger partial charge in [0, 0.05) is 45.8 Å². The van der Waals surface area contributed by atoms with Crippen molar-refractivity contribution in [2.45, 2.75) is 12.4 Å². The molecule has 0 saturated carbocycles. The van der Waals surface area contributed by atoms with Gasteiger partial charge in [-0.3, -0.25) is 9.59 Å². The molecule has 40 heavy (non-hydrogen) atoms. The molecule has 0 aliphatic rings. The van der Waals surface area contributed by atoms with Gasteiger partial charge in [-0.25, -0.2) is 19.7 Å². The SMILES string of the molecule is CNC(=O)c1ncccc1Nc1cc(Nc2ccc(C(=O)N(C)C)cn2)ncc1C(F)(F)F.O=C(O)C(F)(F)F. The molecule has 3 rings (SSSR count). The summed E-state index contributed by atoms with van der Waals surface area (Å²) in [4.78, 5) is 46.2. The molecule has 0 fully saturated rings. The molecular weight excluding hydrogens is 552 g/mol. The van der Waals surface area contributed by atoms with E-state index in [0.29, 0.717) is 11.8 Å². The van der Waals surface area contributed by atoms with Crippen LogP contribution in [0.15, 0.2) is 48.9 Å². The Balaban J connectivity index is 0.000000708. The van der Waals surface area contributed by atoms with Crippen LogP contribution in [0.1, 0.15) is 26.4 Å². The van der Waals surface area contributed by atoms with Crippen molar-refractivity contribution in [3.63, 3.8) is 0 Å². The van der Waals surface area contributed by atoms with Gasteiger partial charge in [-0.15, -0.1) is 0 Å². The fourth-order valence-electron chi connectivity index (χ4n) is 2.79. The molecule has 0 atom stereocenters. The molecule has 0 radical (unpaired) electrons. The molecule has 0 aliphatic heterocycles. The summed E-state index contributed by atoms with van der Waals surface area (Å²) in [5.41, 5.74) is -0.991. The van der Waals surface area contributed by atoms with Gasteiger partial charge in [0.15, 0.2) is 5.69 Å². The summed E-state index contributed by atoms with van der Waals surface area (Å²) in [6.45, 7) is 0. The van der Waals surface area contributed by atoms with Gasteiger partial charge in [0.05, 0.1) is 22.5 Å². The summed E-state index contributed by atoms with van der Waals surface area (Å²) in [5, 5.41) is 15.0. The van der Waals surface area contributed by atoms with Crippen LogP contribution >= 0.6 is 0 Å². The molecule has 0 aliphatic carbocycles. The van der Waals surface area contributed by atoms with Crippen molar-refractivity contribution in [3.8, 4) is 0 Å². The third-order valence-corrected chi connectivity index (χ3v) is 4.64. The Morgan fingerprint density at radius 1 is 0.875 bits per heavy atom. The van der Waals surface area contributed by atoms with E-state index >= 15 is 0 Å². The molecule has 17 heteroatoms. The number of amides is 2. The highest BCUT2D eigenvalue weighted by Crippen LogP contribution is 2.37. The lowest BCUT2D eigenvalue weighted by Gasteiger charge is -2.17. The van der Waals surface area contributed by atoms with Crippen LogP contribution in [0, 0.1) is 0 Å². The van der Waals surface area contributed by atoms with Crippen LogP contribution in [0.2, 0.25) is 0 Å². The molecule has 11 nitrogen and oxygen atoms in total. The van der Waals surface area contributed by atoms with Crippen molar-refractivity contribution in [2.75, 3.05) is 31.8 Å². The topological polar surface area (TPSA) is 149 Å². The van der Waals surface area contributed by atoms with Gasteiger partial charge >= 0.3 is 18.3 Å². The smallest absolute Gasteiger partial charge is 0.475 e. The maximum absolute atomic E-state index is 13.6. The van der Waals surface area contributed by atoms with E-state index in [1.165, 1.54) is 48.6 Å². The fourth-order valence-corrected chi connectivity index (χ4v) is 2.79. The summed E-state index contributed by atoms with van der Waals surface area (Å²) < 4.78 is 72.5. The van der Waals surface area contributed by atoms with Crippen LogP contribution in [0.3, 0.4) is 0 Å². The third kappa shape index (κ3) is 8.53. The second-order valence-electron chi connectivity index (χ2n) is 7.78. The summed E-state index contributed by atoms with van der Waals surface area (Å²) in [6.07, 6.45) is -6.41. The number of carboxylic acids is 1. The number of carbonyl (C=O) groups is 3. The third-order valence-electron chi connectivity index (χ3n) is 4.64. The molecule has 0 bridgehead atoms. The Labute approximate surface area is 222 Å². The molecule has 3 aromatic heterocycles. The maximum Gasteiger partial charge on any atom is 0.490 e. The van der Waals surface area contributed by atoms with Gasteiger partial charge < -0.3 is 26.0 Å². The summed E-state index contributed by atoms with van der Waals surface area (Å²) >= 11 is 0. The minimum atomic E-state index is -5.08. The Bertz CT molecular complexity index is 1360. The van der Waals surface area contributed by atoms with E-state index in [2.05, 4.69) is 30.9 Å². The van der Waals surface area contributed by atoms with Gasteiger partial charge in [-0.1, -0.05) is 0 Å². The zero-order valence-corrected chi connectivity index (χ0v) is 20.8. The number of hydrogen-bond acceptors (Lipinski definition) is 8. The van der Waals surface area contributed by atoms with Gasteiger partial charge in [0.2, 0.25) is 0 Å². The molecular formula is C23H21F6N7O4. The van der Waals surface area contributed by atoms with Crippen LogP contribution in [0.4, 0.5) is 49.4 Å². The van der Waals surface area contributed by atoms with E-state index in [1.54, 1.807) is 14.1 Å². The second-order valence-corrected chi connectivity index (χ2v) is 7.78. The van der Waals surface area contributed by atoms with Gasteiger partial charge in [-0.2, -0.15) is 26.3 Å². The highest BCUT2D eigenvalue weighted by molar-refractivity contribution is 5.98. The zero-order chi connectivity index (χ0) is 30.3. The fraction of sp³-hybridized carbons (Fsp3) is 0.217. The largest absolute Gasteiger partial charge is 0.490 e. The molecule has 0 spiro atoms. The second kappa shape index (κ2) is 12.7. The number of halogens is 6. The lowest BCUT2D eigenvalue weighted by Crippen LogP contribution is -2.21. The summed E-state index contributed by atoms with van der Waals surface area (Å²) in [5.74, 6) is -3.22. The number of hydrogen-bond donors (Lipinski definition) is 4. The molecule has 3 aromatic rings. The lowest BCUT2D eigenvalue weighted by atomic mass is 10.2. The number of nitrogens with zero attached hydrogens (tertiary/aromatic N) is 4. The van der Waals surface area contributed by atoms with Crippen molar-refractivity contribution >= 4 is 40.8 Å².